The van der Waals surface area contributed by atoms with E-state index in [0.717, 1.165) is 5.56 Å². The summed E-state index contributed by atoms with van der Waals surface area (Å²) >= 11 is 0. The first-order valence-corrected chi connectivity index (χ1v) is 5.27. The van der Waals surface area contributed by atoms with Crippen LogP contribution in [0.4, 0.5) is 0 Å². The lowest BCUT2D eigenvalue weighted by Gasteiger charge is -2.31. The maximum atomic E-state index is 11.7. The number of hydrogen-bond acceptors (Lipinski definition) is 3. The van der Waals surface area contributed by atoms with Crippen LogP contribution in [0.3, 0.4) is 0 Å². The van der Waals surface area contributed by atoms with Crippen molar-refractivity contribution in [1.29, 1.82) is 0 Å². The molecule has 16 heavy (non-hydrogen) atoms. The highest BCUT2D eigenvalue weighted by atomic mass is 16.2. The van der Waals surface area contributed by atoms with Crippen molar-refractivity contribution in [2.75, 3.05) is 0 Å². The molecule has 1 fully saturated rings. The first kappa shape index (κ1) is 10.8. The zero-order valence-corrected chi connectivity index (χ0v) is 8.90. The summed E-state index contributed by atoms with van der Waals surface area (Å²) in [6.45, 7) is 0. The van der Waals surface area contributed by atoms with Crippen molar-refractivity contribution in [2.24, 2.45) is 5.73 Å². The smallest absolute Gasteiger partial charge is 0.246 e. The molecule has 1 aliphatic rings. The van der Waals surface area contributed by atoms with Gasteiger partial charge in [-0.25, -0.2) is 0 Å². The molecule has 84 valence electrons. The second-order valence-corrected chi connectivity index (χ2v) is 4.20. The minimum Gasteiger partial charge on any atom is -0.317 e. The Morgan fingerprint density at radius 2 is 1.94 bits per heavy atom. The molecular formula is C12H14N2O2. The second kappa shape index (κ2) is 4.06. The number of amides is 2. The van der Waals surface area contributed by atoms with E-state index >= 15 is 0 Å². The van der Waals surface area contributed by atoms with E-state index in [4.69, 9.17) is 5.73 Å². The first-order chi connectivity index (χ1) is 7.60. The fourth-order valence-electron chi connectivity index (χ4n) is 1.89. The van der Waals surface area contributed by atoms with Crippen LogP contribution in [-0.4, -0.2) is 17.4 Å². The normalized spacial score (nSPS) is 25.3. The number of nitrogens with two attached hydrogens (primary N) is 1. The Morgan fingerprint density at radius 1 is 1.25 bits per heavy atom. The summed E-state index contributed by atoms with van der Waals surface area (Å²) in [7, 11) is 0. The number of benzene rings is 1. The topological polar surface area (TPSA) is 72.2 Å². The molecule has 0 spiro atoms. The van der Waals surface area contributed by atoms with Crippen molar-refractivity contribution in [3.63, 3.8) is 0 Å². The number of hydrogen-bond donors (Lipinski definition) is 2. The zero-order valence-electron chi connectivity index (χ0n) is 8.90. The van der Waals surface area contributed by atoms with Gasteiger partial charge in [0.1, 0.15) is 5.54 Å². The molecule has 1 aromatic carbocycles. The highest BCUT2D eigenvalue weighted by molar-refractivity contribution is 6.02. The lowest BCUT2D eigenvalue weighted by molar-refractivity contribution is -0.137. The number of piperidine rings is 1. The Morgan fingerprint density at radius 3 is 2.56 bits per heavy atom. The van der Waals surface area contributed by atoms with Gasteiger partial charge in [0.15, 0.2) is 0 Å². The van der Waals surface area contributed by atoms with Gasteiger partial charge in [0.2, 0.25) is 11.8 Å². The molecule has 4 heteroatoms. The molecule has 1 aromatic rings. The van der Waals surface area contributed by atoms with Crippen molar-refractivity contribution >= 4 is 11.8 Å². The van der Waals surface area contributed by atoms with Gasteiger partial charge in [-0.15, -0.1) is 0 Å². The van der Waals surface area contributed by atoms with E-state index in [9.17, 15) is 9.59 Å². The minimum atomic E-state index is -0.949. The molecular weight excluding hydrogens is 204 g/mol. The standard InChI is InChI=1S/C12H14N2O2/c13-12(7-6-10(15)14-11(12)16)8-9-4-2-1-3-5-9/h1-5H,6-8,13H2,(H,14,15,16). The summed E-state index contributed by atoms with van der Waals surface area (Å²) in [6.07, 6.45) is 1.19. The van der Waals surface area contributed by atoms with Crippen molar-refractivity contribution in [3.05, 3.63) is 35.9 Å². The number of carbonyl (C=O) groups is 2. The van der Waals surface area contributed by atoms with Gasteiger partial charge in [-0.05, 0) is 18.4 Å². The molecule has 2 rings (SSSR count). The Labute approximate surface area is 93.8 Å². The minimum absolute atomic E-state index is 0.237. The van der Waals surface area contributed by atoms with E-state index in [1.807, 2.05) is 30.3 Å². The Balaban J connectivity index is 2.14. The van der Waals surface area contributed by atoms with Gasteiger partial charge in [-0.2, -0.15) is 0 Å². The lowest BCUT2D eigenvalue weighted by Crippen LogP contribution is -2.60. The first-order valence-electron chi connectivity index (χ1n) is 5.27. The van der Waals surface area contributed by atoms with Crippen molar-refractivity contribution in [3.8, 4) is 0 Å². The van der Waals surface area contributed by atoms with E-state index in [1.54, 1.807) is 0 Å². The maximum Gasteiger partial charge on any atom is 0.246 e. The summed E-state index contributed by atoms with van der Waals surface area (Å²) in [5.74, 6) is -0.605. The molecule has 3 N–H and O–H groups in total. The van der Waals surface area contributed by atoms with Crippen molar-refractivity contribution in [1.82, 2.24) is 5.32 Å². The number of imide groups is 1. The van der Waals surface area contributed by atoms with Crippen LogP contribution in [0.5, 0.6) is 0 Å². The van der Waals surface area contributed by atoms with Gasteiger partial charge < -0.3 is 5.73 Å². The van der Waals surface area contributed by atoms with Crippen molar-refractivity contribution in [2.45, 2.75) is 24.8 Å². The Kier molecular flexibility index (Phi) is 2.75. The predicted molar refractivity (Wildman–Crippen MR) is 59.4 cm³/mol. The third-order valence-corrected chi connectivity index (χ3v) is 2.87. The largest absolute Gasteiger partial charge is 0.317 e. The average Bonchev–Trinajstić information content (AvgIpc) is 2.26. The second-order valence-electron chi connectivity index (χ2n) is 4.20. The van der Waals surface area contributed by atoms with Crippen LogP contribution < -0.4 is 11.1 Å². The quantitative estimate of drug-likeness (QED) is 0.704. The van der Waals surface area contributed by atoms with Crippen LogP contribution >= 0.6 is 0 Å². The summed E-state index contributed by atoms with van der Waals surface area (Å²) < 4.78 is 0. The monoisotopic (exact) mass is 218 g/mol. The van der Waals surface area contributed by atoms with Crippen LogP contribution in [0.15, 0.2) is 30.3 Å². The zero-order chi connectivity index (χ0) is 11.6. The van der Waals surface area contributed by atoms with Gasteiger partial charge in [-0.1, -0.05) is 30.3 Å². The molecule has 1 unspecified atom stereocenters. The molecule has 1 heterocycles. The lowest BCUT2D eigenvalue weighted by atomic mass is 9.84. The van der Waals surface area contributed by atoms with E-state index in [-0.39, 0.29) is 11.8 Å². The number of carbonyl (C=O) groups excluding carboxylic acids is 2. The van der Waals surface area contributed by atoms with Crippen LogP contribution in [-0.2, 0) is 16.0 Å². The molecule has 1 aliphatic heterocycles. The third kappa shape index (κ3) is 2.12. The van der Waals surface area contributed by atoms with Gasteiger partial charge in [0.05, 0.1) is 0 Å². The predicted octanol–water partition coefficient (Wildman–Crippen LogP) is 0.363. The fourth-order valence-corrected chi connectivity index (χ4v) is 1.89. The van der Waals surface area contributed by atoms with Crippen molar-refractivity contribution < 1.29 is 9.59 Å². The highest BCUT2D eigenvalue weighted by Crippen LogP contribution is 2.20. The van der Waals surface area contributed by atoms with Gasteiger partial charge in [0.25, 0.3) is 0 Å². The van der Waals surface area contributed by atoms with E-state index in [2.05, 4.69) is 5.32 Å². The molecule has 1 atom stereocenters. The average molecular weight is 218 g/mol. The van der Waals surface area contributed by atoms with E-state index in [0.29, 0.717) is 19.3 Å². The summed E-state index contributed by atoms with van der Waals surface area (Å²) in [6, 6.07) is 9.59. The fraction of sp³-hybridized carbons (Fsp3) is 0.333. The molecule has 1 saturated heterocycles. The van der Waals surface area contributed by atoms with Gasteiger partial charge in [0, 0.05) is 6.42 Å². The van der Waals surface area contributed by atoms with Crippen LogP contribution in [0.25, 0.3) is 0 Å². The van der Waals surface area contributed by atoms with E-state index < -0.39 is 5.54 Å². The number of rotatable bonds is 2. The molecule has 0 bridgehead atoms. The molecule has 2 amide bonds. The third-order valence-electron chi connectivity index (χ3n) is 2.87. The Hall–Kier alpha value is -1.68. The number of nitrogens with one attached hydrogen (secondary N) is 1. The summed E-state index contributed by atoms with van der Waals surface area (Å²) in [4.78, 5) is 22.7. The molecule has 4 nitrogen and oxygen atoms in total. The van der Waals surface area contributed by atoms with Crippen LogP contribution in [0.1, 0.15) is 18.4 Å². The van der Waals surface area contributed by atoms with Crippen LogP contribution in [0.2, 0.25) is 0 Å². The highest BCUT2D eigenvalue weighted by Gasteiger charge is 2.38. The summed E-state index contributed by atoms with van der Waals surface area (Å²) in [5.41, 5.74) is 6.09. The van der Waals surface area contributed by atoms with Gasteiger partial charge in [-0.3, -0.25) is 14.9 Å². The van der Waals surface area contributed by atoms with Gasteiger partial charge >= 0.3 is 0 Å². The maximum absolute atomic E-state index is 11.7. The molecule has 0 radical (unpaired) electrons. The SMILES string of the molecule is NC1(Cc2ccccc2)CCC(=O)NC1=O. The van der Waals surface area contributed by atoms with Crippen LogP contribution in [0, 0.1) is 0 Å². The Bertz CT molecular complexity index is 416. The summed E-state index contributed by atoms with van der Waals surface area (Å²) in [5, 5.41) is 2.29. The molecule has 0 aromatic heterocycles. The molecule has 0 aliphatic carbocycles. The molecule has 0 saturated carbocycles. The van der Waals surface area contributed by atoms with E-state index in [1.165, 1.54) is 0 Å².